The predicted molar refractivity (Wildman–Crippen MR) is 82.9 cm³/mol. The van der Waals surface area contributed by atoms with E-state index in [1.165, 1.54) is 7.11 Å². The largest absolute Gasteiger partial charge is 0.494 e. The molecule has 0 unspecified atom stereocenters. The van der Waals surface area contributed by atoms with Gasteiger partial charge in [-0.25, -0.2) is 4.79 Å². The van der Waals surface area contributed by atoms with Crippen LogP contribution in [0, 0.1) is 0 Å². The fourth-order valence-electron chi connectivity index (χ4n) is 1.70. The normalized spacial score (nSPS) is 10.1. The quantitative estimate of drug-likeness (QED) is 0.603. The number of carbonyl (C=O) groups is 1. The highest BCUT2D eigenvalue weighted by molar-refractivity contribution is 7.11. The van der Waals surface area contributed by atoms with Crippen molar-refractivity contribution in [3.63, 3.8) is 0 Å². The predicted octanol–water partition coefficient (Wildman–Crippen LogP) is 2.39. The van der Waals surface area contributed by atoms with Crippen LogP contribution in [0.3, 0.4) is 0 Å². The summed E-state index contributed by atoms with van der Waals surface area (Å²) >= 11 is 1.15. The molecule has 0 radical (unpaired) electrons. The first-order chi connectivity index (χ1) is 10.2. The third-order valence-corrected chi connectivity index (χ3v) is 3.55. The van der Waals surface area contributed by atoms with Crippen molar-refractivity contribution < 1.29 is 14.3 Å². The fourth-order valence-corrected chi connectivity index (χ4v) is 2.43. The Morgan fingerprint density at radius 3 is 2.86 bits per heavy atom. The summed E-state index contributed by atoms with van der Waals surface area (Å²) in [6, 6.07) is 9.61. The number of nitrogens with two attached hydrogens (primary N) is 1. The van der Waals surface area contributed by atoms with E-state index in [2.05, 4.69) is 14.4 Å². The number of methoxy groups -OCH3 is 1. The van der Waals surface area contributed by atoms with Crippen molar-refractivity contribution in [3.8, 4) is 5.75 Å². The van der Waals surface area contributed by atoms with Crippen LogP contribution in [0.4, 0.5) is 10.8 Å². The summed E-state index contributed by atoms with van der Waals surface area (Å²) in [6.45, 7) is 1.23. The Morgan fingerprint density at radius 2 is 2.14 bits per heavy atom. The molecule has 2 aromatic rings. The van der Waals surface area contributed by atoms with E-state index in [-0.39, 0.29) is 5.82 Å². The second-order valence-corrected chi connectivity index (χ2v) is 4.98. The van der Waals surface area contributed by atoms with Crippen LogP contribution in [0.2, 0.25) is 0 Å². The maximum Gasteiger partial charge on any atom is 0.344 e. The molecule has 0 fully saturated rings. The van der Waals surface area contributed by atoms with Gasteiger partial charge in [-0.1, -0.05) is 18.2 Å². The summed E-state index contributed by atoms with van der Waals surface area (Å²) in [5.41, 5.74) is 5.96. The lowest BCUT2D eigenvalue weighted by molar-refractivity contribution is 0.0603. The van der Waals surface area contributed by atoms with Crippen LogP contribution in [0.1, 0.15) is 16.8 Å². The van der Waals surface area contributed by atoms with Crippen LogP contribution in [0.25, 0.3) is 0 Å². The second kappa shape index (κ2) is 7.49. The van der Waals surface area contributed by atoms with E-state index >= 15 is 0 Å². The van der Waals surface area contributed by atoms with Gasteiger partial charge >= 0.3 is 5.97 Å². The van der Waals surface area contributed by atoms with Crippen molar-refractivity contribution in [2.45, 2.75) is 6.42 Å². The van der Waals surface area contributed by atoms with Crippen LogP contribution in [0.5, 0.6) is 5.75 Å². The van der Waals surface area contributed by atoms with E-state index in [4.69, 9.17) is 10.5 Å². The molecule has 112 valence electrons. The van der Waals surface area contributed by atoms with Gasteiger partial charge in [-0.3, -0.25) is 0 Å². The van der Waals surface area contributed by atoms with Crippen molar-refractivity contribution in [1.82, 2.24) is 4.37 Å². The van der Waals surface area contributed by atoms with Crippen molar-refractivity contribution in [1.29, 1.82) is 0 Å². The molecule has 0 aliphatic carbocycles. The van der Waals surface area contributed by atoms with Crippen LogP contribution in [0.15, 0.2) is 30.3 Å². The number of hydrogen-bond acceptors (Lipinski definition) is 7. The lowest BCUT2D eigenvalue weighted by atomic mass is 10.3. The van der Waals surface area contributed by atoms with Crippen molar-refractivity contribution in [2.24, 2.45) is 0 Å². The number of nitrogens with one attached hydrogen (secondary N) is 1. The lowest BCUT2D eigenvalue weighted by Crippen LogP contribution is -2.10. The average molecular weight is 307 g/mol. The molecule has 0 saturated heterocycles. The van der Waals surface area contributed by atoms with Gasteiger partial charge in [0.15, 0.2) is 5.82 Å². The van der Waals surface area contributed by atoms with Gasteiger partial charge in [-0.15, -0.1) is 0 Å². The molecule has 0 aliphatic heterocycles. The van der Waals surface area contributed by atoms with Crippen molar-refractivity contribution >= 4 is 28.3 Å². The highest BCUT2D eigenvalue weighted by Gasteiger charge is 2.19. The minimum Gasteiger partial charge on any atom is -0.494 e. The Balaban J connectivity index is 1.78. The van der Waals surface area contributed by atoms with Crippen LogP contribution >= 0.6 is 11.5 Å². The van der Waals surface area contributed by atoms with Gasteiger partial charge in [0.25, 0.3) is 0 Å². The molecule has 0 atom stereocenters. The number of carbonyl (C=O) groups excluding carboxylic acids is 1. The summed E-state index contributed by atoms with van der Waals surface area (Å²) in [5, 5.41) is 3.75. The monoisotopic (exact) mass is 307 g/mol. The number of nitrogens with zero attached hydrogens (tertiary/aromatic N) is 1. The fraction of sp³-hybridized carbons (Fsp3) is 0.286. The molecule has 2 rings (SSSR count). The maximum absolute atomic E-state index is 11.6. The van der Waals surface area contributed by atoms with Crippen molar-refractivity contribution in [2.75, 3.05) is 31.3 Å². The minimum atomic E-state index is -0.482. The molecule has 1 heterocycles. The summed E-state index contributed by atoms with van der Waals surface area (Å²) in [5.74, 6) is 0.550. The van der Waals surface area contributed by atoms with Crippen LogP contribution < -0.4 is 15.8 Å². The third-order valence-electron chi connectivity index (χ3n) is 2.73. The highest BCUT2D eigenvalue weighted by atomic mass is 32.1. The van der Waals surface area contributed by atoms with E-state index in [1.54, 1.807) is 0 Å². The number of nitrogen functional groups attached to an aromatic ring is 1. The van der Waals surface area contributed by atoms with Gasteiger partial charge in [0.2, 0.25) is 0 Å². The summed E-state index contributed by atoms with van der Waals surface area (Å²) in [4.78, 5) is 11.6. The molecule has 0 amide bonds. The number of hydrogen-bond donors (Lipinski definition) is 2. The van der Waals surface area contributed by atoms with E-state index in [0.29, 0.717) is 23.7 Å². The van der Waals surface area contributed by atoms with E-state index in [0.717, 1.165) is 23.7 Å². The topological polar surface area (TPSA) is 86.5 Å². The first kappa shape index (κ1) is 15.1. The number of ether oxygens (including phenoxy) is 2. The summed E-state index contributed by atoms with van der Waals surface area (Å²) in [7, 11) is 1.32. The SMILES string of the molecule is COC(=O)c1c(N)nsc1NCCCOc1ccccc1. The van der Waals surface area contributed by atoms with Gasteiger partial charge in [0.05, 0.1) is 13.7 Å². The average Bonchev–Trinajstić information content (AvgIpc) is 2.88. The molecule has 1 aromatic heterocycles. The van der Waals surface area contributed by atoms with Gasteiger partial charge in [0, 0.05) is 6.54 Å². The molecule has 7 heteroatoms. The molecular formula is C14H17N3O3S. The number of benzene rings is 1. The maximum atomic E-state index is 11.6. The Morgan fingerprint density at radius 1 is 1.38 bits per heavy atom. The van der Waals surface area contributed by atoms with Crippen molar-refractivity contribution in [3.05, 3.63) is 35.9 Å². The highest BCUT2D eigenvalue weighted by Crippen LogP contribution is 2.27. The number of rotatable bonds is 7. The van der Waals surface area contributed by atoms with Crippen LogP contribution in [-0.4, -0.2) is 30.6 Å². The molecule has 0 spiro atoms. The molecule has 3 N–H and O–H groups in total. The Bertz CT molecular complexity index is 586. The summed E-state index contributed by atoms with van der Waals surface area (Å²) < 4.78 is 14.2. The Hall–Kier alpha value is -2.28. The number of anilines is 2. The number of esters is 1. The first-order valence-corrected chi connectivity index (χ1v) is 7.25. The standard InChI is InChI=1S/C14H17N3O3S/c1-19-14(18)11-12(15)17-21-13(11)16-8-5-9-20-10-6-3-2-4-7-10/h2-4,6-7,16H,5,8-9H2,1H3,(H2,15,17). The molecule has 0 aliphatic rings. The minimum absolute atomic E-state index is 0.190. The van der Waals surface area contributed by atoms with Gasteiger partial charge in [-0.05, 0) is 30.1 Å². The molecule has 0 saturated carbocycles. The number of aromatic nitrogens is 1. The molecule has 21 heavy (non-hydrogen) atoms. The van der Waals surface area contributed by atoms with E-state index in [9.17, 15) is 4.79 Å². The van der Waals surface area contributed by atoms with E-state index < -0.39 is 5.97 Å². The zero-order valence-corrected chi connectivity index (χ0v) is 12.5. The molecule has 1 aromatic carbocycles. The zero-order valence-electron chi connectivity index (χ0n) is 11.7. The Kier molecular flexibility index (Phi) is 5.39. The van der Waals surface area contributed by atoms with E-state index in [1.807, 2.05) is 30.3 Å². The number of para-hydroxylation sites is 1. The lowest BCUT2D eigenvalue weighted by Gasteiger charge is -2.07. The van der Waals surface area contributed by atoms with Gasteiger partial charge < -0.3 is 20.5 Å². The molecule has 6 nitrogen and oxygen atoms in total. The van der Waals surface area contributed by atoms with Gasteiger partial charge in [-0.2, -0.15) is 4.37 Å². The van der Waals surface area contributed by atoms with Gasteiger partial charge in [0.1, 0.15) is 16.3 Å². The Labute approximate surface area is 127 Å². The first-order valence-electron chi connectivity index (χ1n) is 6.47. The van der Waals surface area contributed by atoms with Crippen LogP contribution in [-0.2, 0) is 4.74 Å². The zero-order chi connectivity index (χ0) is 15.1. The third kappa shape index (κ3) is 4.09. The smallest absolute Gasteiger partial charge is 0.344 e. The molecular weight excluding hydrogens is 290 g/mol. The summed E-state index contributed by atoms with van der Waals surface area (Å²) in [6.07, 6.45) is 0.785. The second-order valence-electron chi connectivity index (χ2n) is 4.21. The molecule has 0 bridgehead atoms.